The van der Waals surface area contributed by atoms with Crippen molar-refractivity contribution in [3.05, 3.63) is 65.5 Å². The van der Waals surface area contributed by atoms with Crippen LogP contribution in [0, 0.1) is 5.82 Å². The van der Waals surface area contributed by atoms with Crippen LogP contribution in [-0.4, -0.2) is 18.8 Å². The highest BCUT2D eigenvalue weighted by atomic mass is 19.1. The first kappa shape index (κ1) is 14.0. The van der Waals surface area contributed by atoms with Crippen LogP contribution in [-0.2, 0) is 4.79 Å². The second-order valence-electron chi connectivity index (χ2n) is 4.77. The number of carbonyl (C=O) groups excluding carboxylic acids is 2. The number of halogens is 1. The Hall–Kier alpha value is -2.95. The fraction of sp³-hybridized carbons (Fsp3) is 0.0588. The van der Waals surface area contributed by atoms with Crippen molar-refractivity contribution in [2.45, 2.75) is 0 Å². The number of para-hydroxylation sites is 1. The average molecular weight is 297 g/mol. The van der Waals surface area contributed by atoms with E-state index < -0.39 is 11.6 Å². The summed E-state index contributed by atoms with van der Waals surface area (Å²) in [6.45, 7) is 0. The van der Waals surface area contributed by atoms with Gasteiger partial charge in [0.2, 0.25) is 0 Å². The molecule has 0 radical (unpaired) electrons. The number of hydrogen-bond donors (Lipinski definition) is 1. The van der Waals surface area contributed by atoms with Gasteiger partial charge in [0.1, 0.15) is 11.6 Å². The van der Waals surface area contributed by atoms with Crippen LogP contribution in [0.4, 0.5) is 10.1 Å². The first-order chi connectivity index (χ1) is 10.6. The number of ketones is 1. The van der Waals surface area contributed by atoms with Crippen molar-refractivity contribution < 1.29 is 18.7 Å². The summed E-state index contributed by atoms with van der Waals surface area (Å²) in [4.78, 5) is 24.2. The Morgan fingerprint density at radius 3 is 2.73 bits per heavy atom. The highest BCUT2D eigenvalue weighted by Crippen LogP contribution is 2.31. The zero-order valence-electron chi connectivity index (χ0n) is 11.7. The number of ether oxygens (including phenoxy) is 1. The fourth-order valence-corrected chi connectivity index (χ4v) is 2.31. The Balaban J connectivity index is 1.99. The Kier molecular flexibility index (Phi) is 3.47. The standard InChI is InChI=1S/C17H12FNO3/c1-22-10-6-7-12(14(18)8-10)16(20)9-13-11-4-2-3-5-15(11)19-17(13)21/h2-9H,1H3,(H,19,21)/b13-9-. The van der Waals surface area contributed by atoms with Crippen molar-refractivity contribution in [2.75, 3.05) is 12.4 Å². The smallest absolute Gasteiger partial charge is 0.256 e. The van der Waals surface area contributed by atoms with Gasteiger partial charge in [-0.05, 0) is 24.3 Å². The number of carbonyl (C=O) groups is 2. The van der Waals surface area contributed by atoms with Crippen molar-refractivity contribution in [3.8, 4) is 5.75 Å². The molecule has 0 saturated carbocycles. The molecular weight excluding hydrogens is 285 g/mol. The summed E-state index contributed by atoms with van der Waals surface area (Å²) in [5.41, 5.74) is 1.40. The Bertz CT molecular complexity index is 811. The maximum atomic E-state index is 13.9. The highest BCUT2D eigenvalue weighted by molar-refractivity contribution is 6.35. The number of nitrogens with one attached hydrogen (secondary N) is 1. The zero-order chi connectivity index (χ0) is 15.7. The van der Waals surface area contributed by atoms with Crippen molar-refractivity contribution in [2.24, 2.45) is 0 Å². The third-order valence-electron chi connectivity index (χ3n) is 3.43. The maximum absolute atomic E-state index is 13.9. The number of fused-ring (bicyclic) bond motifs is 1. The van der Waals surface area contributed by atoms with Gasteiger partial charge in [-0.15, -0.1) is 0 Å². The van der Waals surface area contributed by atoms with E-state index in [1.54, 1.807) is 24.3 Å². The molecule has 0 saturated heterocycles. The predicted molar refractivity (Wildman–Crippen MR) is 80.3 cm³/mol. The first-order valence-electron chi connectivity index (χ1n) is 6.60. The van der Waals surface area contributed by atoms with Crippen molar-refractivity contribution in [3.63, 3.8) is 0 Å². The normalized spacial score (nSPS) is 14.6. The highest BCUT2D eigenvalue weighted by Gasteiger charge is 2.25. The molecule has 1 amide bonds. The van der Waals surface area contributed by atoms with Gasteiger partial charge in [-0.2, -0.15) is 0 Å². The molecule has 1 N–H and O–H groups in total. The molecule has 0 atom stereocenters. The molecule has 3 rings (SSSR count). The fourth-order valence-electron chi connectivity index (χ4n) is 2.31. The summed E-state index contributed by atoms with van der Waals surface area (Å²) < 4.78 is 18.8. The van der Waals surface area contributed by atoms with E-state index in [0.717, 1.165) is 12.1 Å². The average Bonchev–Trinajstić information content (AvgIpc) is 2.83. The lowest BCUT2D eigenvalue weighted by molar-refractivity contribution is -0.110. The van der Waals surface area contributed by atoms with Crippen LogP contribution in [0.3, 0.4) is 0 Å². The minimum atomic E-state index is -0.687. The second-order valence-corrected chi connectivity index (χ2v) is 4.77. The second kappa shape index (κ2) is 5.44. The van der Waals surface area contributed by atoms with Crippen LogP contribution >= 0.6 is 0 Å². The summed E-state index contributed by atoms with van der Waals surface area (Å²) >= 11 is 0. The molecule has 2 aromatic rings. The first-order valence-corrected chi connectivity index (χ1v) is 6.60. The molecule has 0 bridgehead atoms. The number of benzene rings is 2. The van der Waals surface area contributed by atoms with Crippen LogP contribution in [0.15, 0.2) is 48.5 Å². The van der Waals surface area contributed by atoms with Crippen LogP contribution in [0.2, 0.25) is 0 Å². The predicted octanol–water partition coefficient (Wildman–Crippen LogP) is 3.05. The third-order valence-corrected chi connectivity index (χ3v) is 3.43. The topological polar surface area (TPSA) is 55.4 Å². The molecule has 5 heteroatoms. The van der Waals surface area contributed by atoms with Gasteiger partial charge in [-0.25, -0.2) is 4.39 Å². The van der Waals surface area contributed by atoms with E-state index in [1.165, 1.54) is 19.2 Å². The minimum Gasteiger partial charge on any atom is -0.497 e. The number of rotatable bonds is 3. The molecule has 22 heavy (non-hydrogen) atoms. The Morgan fingerprint density at radius 2 is 2.00 bits per heavy atom. The molecule has 0 aromatic heterocycles. The van der Waals surface area contributed by atoms with E-state index in [1.807, 2.05) is 0 Å². The SMILES string of the molecule is COc1ccc(C(=O)/C=C2\C(=O)Nc3ccccc32)c(F)c1. The summed E-state index contributed by atoms with van der Waals surface area (Å²) in [6.07, 6.45) is 1.16. The molecule has 1 aliphatic rings. The quantitative estimate of drug-likeness (QED) is 0.700. The number of allylic oxidation sites excluding steroid dienone is 1. The van der Waals surface area contributed by atoms with E-state index >= 15 is 0 Å². The molecular formula is C17H12FNO3. The Morgan fingerprint density at radius 1 is 1.23 bits per heavy atom. The minimum absolute atomic E-state index is 0.106. The van der Waals surface area contributed by atoms with Gasteiger partial charge in [-0.3, -0.25) is 9.59 Å². The summed E-state index contributed by atoms with van der Waals surface area (Å²) in [6, 6.07) is 11.0. The summed E-state index contributed by atoms with van der Waals surface area (Å²) in [7, 11) is 1.41. The van der Waals surface area contributed by atoms with Crippen LogP contribution in [0.5, 0.6) is 5.75 Å². The maximum Gasteiger partial charge on any atom is 0.256 e. The third kappa shape index (κ3) is 2.37. The largest absolute Gasteiger partial charge is 0.497 e. The van der Waals surface area contributed by atoms with Crippen molar-refractivity contribution in [1.29, 1.82) is 0 Å². The Labute approximate surface area is 126 Å². The van der Waals surface area contributed by atoms with Gasteiger partial charge in [0.05, 0.1) is 18.2 Å². The van der Waals surface area contributed by atoms with Gasteiger partial charge in [-0.1, -0.05) is 18.2 Å². The van der Waals surface area contributed by atoms with Crippen LogP contribution < -0.4 is 10.1 Å². The molecule has 0 fully saturated rings. The number of amides is 1. The van der Waals surface area contributed by atoms with E-state index in [9.17, 15) is 14.0 Å². The lowest BCUT2D eigenvalue weighted by Gasteiger charge is -2.03. The van der Waals surface area contributed by atoms with E-state index in [0.29, 0.717) is 17.0 Å². The van der Waals surface area contributed by atoms with Crippen molar-refractivity contribution >= 4 is 23.0 Å². The summed E-state index contributed by atoms with van der Waals surface area (Å²) in [5, 5.41) is 2.66. The molecule has 1 heterocycles. The lowest BCUT2D eigenvalue weighted by Crippen LogP contribution is -2.07. The number of methoxy groups -OCH3 is 1. The molecule has 1 aliphatic heterocycles. The molecule has 0 unspecified atom stereocenters. The number of hydrogen-bond acceptors (Lipinski definition) is 3. The van der Waals surface area contributed by atoms with Gasteiger partial charge in [0.15, 0.2) is 5.78 Å². The molecule has 2 aromatic carbocycles. The van der Waals surface area contributed by atoms with Gasteiger partial charge in [0, 0.05) is 17.3 Å². The van der Waals surface area contributed by atoms with Gasteiger partial charge >= 0.3 is 0 Å². The molecule has 0 aliphatic carbocycles. The lowest BCUT2D eigenvalue weighted by atomic mass is 10.0. The molecule has 110 valence electrons. The number of anilines is 1. The molecule has 0 spiro atoms. The van der Waals surface area contributed by atoms with E-state index in [2.05, 4.69) is 5.32 Å². The van der Waals surface area contributed by atoms with Crippen LogP contribution in [0.25, 0.3) is 5.57 Å². The zero-order valence-corrected chi connectivity index (χ0v) is 11.7. The van der Waals surface area contributed by atoms with E-state index in [4.69, 9.17) is 4.74 Å². The summed E-state index contributed by atoms with van der Waals surface area (Å²) in [5.74, 6) is -1.30. The van der Waals surface area contributed by atoms with Crippen molar-refractivity contribution in [1.82, 2.24) is 0 Å². The monoisotopic (exact) mass is 297 g/mol. The van der Waals surface area contributed by atoms with Gasteiger partial charge in [0.25, 0.3) is 5.91 Å². The van der Waals surface area contributed by atoms with E-state index in [-0.39, 0.29) is 17.0 Å². The van der Waals surface area contributed by atoms with Gasteiger partial charge < -0.3 is 10.1 Å². The molecule has 4 nitrogen and oxygen atoms in total. The van der Waals surface area contributed by atoms with Crippen LogP contribution in [0.1, 0.15) is 15.9 Å².